The first-order chi connectivity index (χ1) is 18.4. The van der Waals surface area contributed by atoms with Gasteiger partial charge in [-0.15, -0.1) is 0 Å². The van der Waals surface area contributed by atoms with Gasteiger partial charge in [0.25, 0.3) is 0 Å². The van der Waals surface area contributed by atoms with Gasteiger partial charge in [-0.1, -0.05) is 77.9 Å². The number of benzene rings is 3. The molecule has 0 fully saturated rings. The van der Waals surface area contributed by atoms with E-state index in [1.165, 1.54) is 16.3 Å². The fourth-order valence-electron chi connectivity index (χ4n) is 5.27. The van der Waals surface area contributed by atoms with E-state index in [0.29, 0.717) is 0 Å². The van der Waals surface area contributed by atoms with Crippen LogP contribution < -0.4 is 4.57 Å². The fraction of sp³-hybridized carbons (Fsp3) is 0.286. The molecular weight excluding hydrogens is 478 g/mol. The number of aryl methyl sites for hydroxylation is 2. The Kier molecular flexibility index (Phi) is 5.65. The second kappa shape index (κ2) is 8.74. The first kappa shape index (κ1) is 25.2. The number of hydrogen-bond donors (Lipinski definition) is 0. The van der Waals surface area contributed by atoms with Crippen molar-refractivity contribution in [3.05, 3.63) is 90.0 Å². The molecule has 3 aromatic heterocycles. The van der Waals surface area contributed by atoms with E-state index in [-0.39, 0.29) is 10.8 Å². The number of aromatic nitrogens is 3. The summed E-state index contributed by atoms with van der Waals surface area (Å²) in [6, 6.07) is 23.7. The topological polar surface area (TPSA) is 42.8 Å². The third-order valence-corrected chi connectivity index (χ3v) is 7.57. The van der Waals surface area contributed by atoms with Crippen LogP contribution in [-0.2, 0) is 17.9 Å². The molecule has 0 bridgehead atoms. The van der Waals surface area contributed by atoms with Crippen LogP contribution in [0, 0.1) is 6.92 Å². The molecule has 196 valence electrons. The minimum absolute atomic E-state index is 0.0804. The van der Waals surface area contributed by atoms with Gasteiger partial charge in [0.1, 0.15) is 24.0 Å². The summed E-state index contributed by atoms with van der Waals surface area (Å²) in [5.41, 5.74) is 8.02. The van der Waals surface area contributed by atoms with Crippen LogP contribution in [0.25, 0.3) is 55.2 Å². The molecule has 0 aliphatic rings. The zero-order valence-electron chi connectivity index (χ0n) is 24.2. The molecule has 0 amide bonds. The van der Waals surface area contributed by atoms with Crippen molar-refractivity contribution in [2.24, 2.45) is 7.05 Å². The molecule has 0 spiro atoms. The zero-order chi connectivity index (χ0) is 27.7. The van der Waals surface area contributed by atoms with E-state index in [2.05, 4.69) is 133 Å². The molecule has 0 radical (unpaired) electrons. The summed E-state index contributed by atoms with van der Waals surface area (Å²) in [5.74, 6) is 0.858. The first-order valence-corrected chi connectivity index (χ1v) is 13.7. The zero-order valence-corrected chi connectivity index (χ0v) is 24.2. The average Bonchev–Trinajstić information content (AvgIpc) is 3.25. The quantitative estimate of drug-likeness (QED) is 0.217. The Morgan fingerprint density at radius 1 is 0.744 bits per heavy atom. The van der Waals surface area contributed by atoms with Crippen LogP contribution in [0.1, 0.15) is 58.6 Å². The second-order valence-corrected chi connectivity index (χ2v) is 12.8. The standard InChI is InChI=1S/C35H36N3O/c1-21-13-15-26-25-16-14-23(27-19-30(34(2,3)4)37-33(36-27)35(5,6)7)18-29(25)39-32(26)31(21)28-17-22-11-9-10-12-24(22)20-38(28)8/h9-20H,1-8H3/q+1. The van der Waals surface area contributed by atoms with E-state index in [9.17, 15) is 0 Å². The molecule has 0 unspecified atom stereocenters. The summed E-state index contributed by atoms with van der Waals surface area (Å²) in [5, 5.41) is 4.67. The molecular formula is C35H36N3O+. The average molecular weight is 515 g/mol. The maximum absolute atomic E-state index is 6.69. The molecule has 6 aromatic rings. The van der Waals surface area contributed by atoms with E-state index in [1.807, 2.05) is 0 Å². The predicted octanol–water partition coefficient (Wildman–Crippen LogP) is 8.59. The van der Waals surface area contributed by atoms with E-state index in [1.54, 1.807) is 0 Å². The van der Waals surface area contributed by atoms with Crippen molar-refractivity contribution in [2.45, 2.75) is 59.3 Å². The smallest absolute Gasteiger partial charge is 0.216 e. The minimum atomic E-state index is -0.152. The largest absolute Gasteiger partial charge is 0.455 e. The van der Waals surface area contributed by atoms with Crippen molar-refractivity contribution < 1.29 is 8.98 Å². The predicted molar refractivity (Wildman–Crippen MR) is 161 cm³/mol. The van der Waals surface area contributed by atoms with Crippen molar-refractivity contribution in [3.63, 3.8) is 0 Å². The van der Waals surface area contributed by atoms with Crippen molar-refractivity contribution in [3.8, 4) is 22.5 Å². The summed E-state index contributed by atoms with van der Waals surface area (Å²) >= 11 is 0. The Morgan fingerprint density at radius 3 is 2.18 bits per heavy atom. The highest BCUT2D eigenvalue weighted by molar-refractivity contribution is 6.10. The Bertz CT molecular complexity index is 1870. The summed E-state index contributed by atoms with van der Waals surface area (Å²) in [4.78, 5) is 9.96. The van der Waals surface area contributed by atoms with E-state index in [0.717, 1.165) is 56.0 Å². The van der Waals surface area contributed by atoms with Crippen LogP contribution in [0.15, 0.2) is 77.3 Å². The Balaban J connectivity index is 1.57. The van der Waals surface area contributed by atoms with Crippen molar-refractivity contribution in [1.29, 1.82) is 0 Å². The number of hydrogen-bond acceptors (Lipinski definition) is 3. The van der Waals surface area contributed by atoms with Gasteiger partial charge >= 0.3 is 0 Å². The number of pyridine rings is 1. The van der Waals surface area contributed by atoms with E-state index >= 15 is 0 Å². The molecule has 0 N–H and O–H groups in total. The van der Waals surface area contributed by atoms with Crippen LogP contribution in [0.5, 0.6) is 0 Å². The summed E-state index contributed by atoms with van der Waals surface area (Å²) < 4.78 is 8.89. The molecule has 6 rings (SSSR count). The lowest BCUT2D eigenvalue weighted by Gasteiger charge is -2.23. The van der Waals surface area contributed by atoms with Crippen LogP contribution in [0.2, 0.25) is 0 Å². The lowest BCUT2D eigenvalue weighted by atomic mass is 9.89. The lowest BCUT2D eigenvalue weighted by molar-refractivity contribution is -0.659. The Morgan fingerprint density at radius 2 is 1.46 bits per heavy atom. The minimum Gasteiger partial charge on any atom is -0.455 e. The highest BCUT2D eigenvalue weighted by atomic mass is 16.3. The van der Waals surface area contributed by atoms with Crippen LogP contribution in [-0.4, -0.2) is 9.97 Å². The molecule has 3 heterocycles. The Labute approximate surface area is 230 Å². The van der Waals surface area contributed by atoms with Crippen molar-refractivity contribution in [2.75, 3.05) is 0 Å². The van der Waals surface area contributed by atoms with Crippen LogP contribution >= 0.6 is 0 Å². The van der Waals surface area contributed by atoms with Gasteiger partial charge in [-0.3, -0.25) is 0 Å². The summed E-state index contributed by atoms with van der Waals surface area (Å²) in [6.07, 6.45) is 2.19. The Hall–Kier alpha value is -4.05. The molecule has 0 atom stereocenters. The van der Waals surface area contributed by atoms with Gasteiger partial charge in [-0.2, -0.15) is 0 Å². The van der Waals surface area contributed by atoms with Gasteiger partial charge in [0.15, 0.2) is 6.20 Å². The fourth-order valence-corrected chi connectivity index (χ4v) is 5.27. The number of fused-ring (bicyclic) bond motifs is 4. The monoisotopic (exact) mass is 514 g/mol. The van der Waals surface area contributed by atoms with Gasteiger partial charge in [0.2, 0.25) is 5.69 Å². The van der Waals surface area contributed by atoms with Crippen molar-refractivity contribution >= 4 is 32.7 Å². The highest BCUT2D eigenvalue weighted by Crippen LogP contribution is 2.39. The number of nitrogens with zero attached hydrogens (tertiary/aromatic N) is 3. The highest BCUT2D eigenvalue weighted by Gasteiger charge is 2.25. The molecule has 4 heteroatoms. The SMILES string of the molecule is Cc1ccc2c(oc3cc(-c4cc(C(C)(C)C)nc(C(C)(C)C)n4)ccc32)c1-c1cc2ccccc2c[n+]1C. The molecule has 3 aromatic carbocycles. The third kappa shape index (κ3) is 4.38. The van der Waals surface area contributed by atoms with E-state index < -0.39 is 0 Å². The van der Waals surface area contributed by atoms with Crippen LogP contribution in [0.4, 0.5) is 0 Å². The van der Waals surface area contributed by atoms with Gasteiger partial charge in [-0.25, -0.2) is 14.5 Å². The first-order valence-electron chi connectivity index (χ1n) is 13.7. The molecule has 4 nitrogen and oxygen atoms in total. The van der Waals surface area contributed by atoms with E-state index in [4.69, 9.17) is 14.4 Å². The normalized spacial score (nSPS) is 12.6. The molecule has 0 aliphatic carbocycles. The summed E-state index contributed by atoms with van der Waals surface area (Å²) in [6.45, 7) is 15.2. The molecule has 0 saturated carbocycles. The van der Waals surface area contributed by atoms with Gasteiger partial charge in [0.05, 0.1) is 17.0 Å². The number of rotatable bonds is 2. The second-order valence-electron chi connectivity index (χ2n) is 12.8. The van der Waals surface area contributed by atoms with Gasteiger partial charge in [-0.05, 0) is 42.1 Å². The maximum atomic E-state index is 6.69. The number of furan rings is 1. The maximum Gasteiger partial charge on any atom is 0.216 e. The molecule has 0 saturated heterocycles. The third-order valence-electron chi connectivity index (χ3n) is 7.57. The van der Waals surface area contributed by atoms with Gasteiger partial charge < -0.3 is 4.42 Å². The van der Waals surface area contributed by atoms with Gasteiger partial charge in [0, 0.05) is 38.6 Å². The van der Waals surface area contributed by atoms with Crippen molar-refractivity contribution in [1.82, 2.24) is 9.97 Å². The summed E-state index contributed by atoms with van der Waals surface area (Å²) in [7, 11) is 2.11. The molecule has 39 heavy (non-hydrogen) atoms. The lowest BCUT2D eigenvalue weighted by Crippen LogP contribution is -2.30. The van der Waals surface area contributed by atoms with Crippen LogP contribution in [0.3, 0.4) is 0 Å². The molecule has 0 aliphatic heterocycles.